The number of nitrogens with one attached hydrogen (secondary N) is 1. The van der Waals surface area contributed by atoms with Gasteiger partial charge in [0.15, 0.2) is 0 Å². The Hall–Kier alpha value is -1.63. The monoisotopic (exact) mass is 298 g/mol. The first kappa shape index (κ1) is 14.3. The quantitative estimate of drug-likeness (QED) is 0.867. The van der Waals surface area contributed by atoms with E-state index in [1.165, 1.54) is 18.9 Å². The van der Waals surface area contributed by atoms with Crippen molar-refractivity contribution in [2.45, 2.75) is 38.0 Å². The Bertz CT molecular complexity index is 537. The molecule has 114 valence electrons. The van der Waals surface area contributed by atoms with Crippen LogP contribution in [0.2, 0.25) is 0 Å². The number of hydrogen-bond donors (Lipinski definition) is 1. The fraction of sp³-hybridized carbons (Fsp3) is 0.571. The van der Waals surface area contributed by atoms with Crippen LogP contribution in [0.25, 0.3) is 0 Å². The van der Waals surface area contributed by atoms with Crippen LogP contribution in [0.1, 0.15) is 25.0 Å². The molecule has 1 aromatic rings. The van der Waals surface area contributed by atoms with E-state index in [0.717, 1.165) is 5.69 Å². The smallest absolute Gasteiger partial charge is 0.351 e. The average molecular weight is 298 g/mol. The lowest BCUT2D eigenvalue weighted by Gasteiger charge is -2.28. The van der Waals surface area contributed by atoms with E-state index in [1.54, 1.807) is 12.4 Å². The lowest BCUT2D eigenvalue weighted by Crippen LogP contribution is -2.32. The standard InChI is InChI=1S/C14H17F3N4/c15-14(16,17)10-3-5-21(6-4-10)13-9-18-7-12(20-13)8-19-11-1-2-11/h3,7,9,11,19H,1-2,4-6,8H2. The molecule has 0 saturated heterocycles. The van der Waals surface area contributed by atoms with Gasteiger partial charge < -0.3 is 10.2 Å². The van der Waals surface area contributed by atoms with Crippen LogP contribution in [0.5, 0.6) is 0 Å². The molecule has 1 saturated carbocycles. The Morgan fingerprint density at radius 2 is 2.10 bits per heavy atom. The molecule has 0 amide bonds. The van der Waals surface area contributed by atoms with Crippen molar-refractivity contribution in [2.75, 3.05) is 18.0 Å². The Morgan fingerprint density at radius 1 is 1.29 bits per heavy atom. The molecule has 0 aromatic carbocycles. The van der Waals surface area contributed by atoms with Gasteiger partial charge in [0, 0.05) is 37.4 Å². The molecule has 2 heterocycles. The molecule has 21 heavy (non-hydrogen) atoms. The summed E-state index contributed by atoms with van der Waals surface area (Å²) in [5, 5.41) is 3.35. The van der Waals surface area contributed by atoms with Crippen molar-refractivity contribution >= 4 is 5.82 Å². The fourth-order valence-electron chi connectivity index (χ4n) is 2.30. The molecule has 0 radical (unpaired) electrons. The van der Waals surface area contributed by atoms with Crippen molar-refractivity contribution in [1.82, 2.24) is 15.3 Å². The highest BCUT2D eigenvalue weighted by Crippen LogP contribution is 2.31. The minimum Gasteiger partial charge on any atom is -0.351 e. The van der Waals surface area contributed by atoms with Crippen LogP contribution in [0.4, 0.5) is 19.0 Å². The maximum atomic E-state index is 12.6. The SMILES string of the molecule is FC(F)(F)C1=CCN(c2cncc(CNC3CC3)n2)CC1. The molecule has 1 aromatic heterocycles. The Kier molecular flexibility index (Phi) is 3.84. The van der Waals surface area contributed by atoms with Crippen LogP contribution >= 0.6 is 0 Å². The molecule has 3 rings (SSSR count). The zero-order valence-electron chi connectivity index (χ0n) is 11.5. The van der Waals surface area contributed by atoms with Gasteiger partial charge in [-0.2, -0.15) is 13.2 Å². The number of hydrogen-bond acceptors (Lipinski definition) is 4. The van der Waals surface area contributed by atoms with Crippen LogP contribution in [0.15, 0.2) is 24.0 Å². The third-order valence-corrected chi connectivity index (χ3v) is 3.72. The topological polar surface area (TPSA) is 41.1 Å². The van der Waals surface area contributed by atoms with Gasteiger partial charge in [0.2, 0.25) is 0 Å². The number of nitrogens with zero attached hydrogens (tertiary/aromatic N) is 3. The molecule has 7 heteroatoms. The third-order valence-electron chi connectivity index (χ3n) is 3.72. The number of anilines is 1. The van der Waals surface area contributed by atoms with Gasteiger partial charge in [-0.15, -0.1) is 0 Å². The maximum Gasteiger partial charge on any atom is 0.412 e. The summed E-state index contributed by atoms with van der Waals surface area (Å²) >= 11 is 0. The van der Waals surface area contributed by atoms with Crippen molar-refractivity contribution in [3.63, 3.8) is 0 Å². The second-order valence-corrected chi connectivity index (χ2v) is 5.45. The summed E-state index contributed by atoms with van der Waals surface area (Å²) in [4.78, 5) is 10.4. The van der Waals surface area contributed by atoms with Crippen LogP contribution in [-0.4, -0.2) is 35.3 Å². The molecule has 1 aliphatic carbocycles. The third kappa shape index (κ3) is 3.72. The van der Waals surface area contributed by atoms with E-state index in [4.69, 9.17) is 0 Å². The Labute approximate surface area is 121 Å². The van der Waals surface area contributed by atoms with Crippen LogP contribution in [-0.2, 0) is 6.54 Å². The van der Waals surface area contributed by atoms with Crippen LogP contribution in [0.3, 0.4) is 0 Å². The summed E-state index contributed by atoms with van der Waals surface area (Å²) in [5.74, 6) is 0.641. The normalized spacial score (nSPS) is 19.6. The molecule has 0 bridgehead atoms. The first-order valence-corrected chi connectivity index (χ1v) is 7.08. The van der Waals surface area contributed by atoms with Crippen molar-refractivity contribution in [3.8, 4) is 0 Å². The van der Waals surface area contributed by atoms with E-state index in [9.17, 15) is 13.2 Å². The lowest BCUT2D eigenvalue weighted by atomic mass is 10.1. The van der Waals surface area contributed by atoms with Gasteiger partial charge in [-0.1, -0.05) is 6.08 Å². The molecular formula is C14H17F3N4. The summed E-state index contributed by atoms with van der Waals surface area (Å²) in [7, 11) is 0. The molecule has 4 nitrogen and oxygen atoms in total. The van der Waals surface area contributed by atoms with E-state index in [1.807, 2.05) is 4.90 Å². The number of aromatic nitrogens is 2. The van der Waals surface area contributed by atoms with E-state index in [2.05, 4.69) is 15.3 Å². The van der Waals surface area contributed by atoms with E-state index < -0.39 is 11.7 Å². The highest BCUT2D eigenvalue weighted by molar-refractivity contribution is 5.40. The van der Waals surface area contributed by atoms with Gasteiger partial charge in [-0.05, 0) is 19.3 Å². The molecule has 1 N–H and O–H groups in total. The molecule has 0 unspecified atom stereocenters. The van der Waals surface area contributed by atoms with Crippen molar-refractivity contribution < 1.29 is 13.2 Å². The van der Waals surface area contributed by atoms with E-state index >= 15 is 0 Å². The van der Waals surface area contributed by atoms with E-state index in [-0.39, 0.29) is 13.0 Å². The second-order valence-electron chi connectivity index (χ2n) is 5.45. The summed E-state index contributed by atoms with van der Waals surface area (Å²) in [6, 6.07) is 0.586. The second kappa shape index (κ2) is 5.63. The molecule has 1 fully saturated rings. The fourth-order valence-corrected chi connectivity index (χ4v) is 2.30. The number of rotatable bonds is 4. The highest BCUT2D eigenvalue weighted by Gasteiger charge is 2.35. The lowest BCUT2D eigenvalue weighted by molar-refractivity contribution is -0.0944. The zero-order valence-corrected chi connectivity index (χ0v) is 11.5. The summed E-state index contributed by atoms with van der Waals surface area (Å²) in [6.07, 6.45) is 2.71. The van der Waals surface area contributed by atoms with E-state index in [0.29, 0.717) is 24.9 Å². The minimum atomic E-state index is -4.21. The van der Waals surface area contributed by atoms with Crippen molar-refractivity contribution in [1.29, 1.82) is 0 Å². The van der Waals surface area contributed by atoms with Crippen LogP contribution in [0, 0.1) is 0 Å². The van der Waals surface area contributed by atoms with Gasteiger partial charge >= 0.3 is 6.18 Å². The van der Waals surface area contributed by atoms with Crippen molar-refractivity contribution in [2.24, 2.45) is 0 Å². The van der Waals surface area contributed by atoms with Gasteiger partial charge in [-0.25, -0.2) is 4.98 Å². The van der Waals surface area contributed by atoms with Gasteiger partial charge in [0.25, 0.3) is 0 Å². The van der Waals surface area contributed by atoms with Crippen LogP contribution < -0.4 is 10.2 Å². The van der Waals surface area contributed by atoms with Gasteiger partial charge in [0.05, 0.1) is 11.9 Å². The maximum absolute atomic E-state index is 12.6. The predicted octanol–water partition coefficient (Wildman–Crippen LogP) is 2.43. The molecule has 0 spiro atoms. The highest BCUT2D eigenvalue weighted by atomic mass is 19.4. The molecular weight excluding hydrogens is 281 g/mol. The summed E-state index contributed by atoms with van der Waals surface area (Å²) in [5.41, 5.74) is 0.378. The molecule has 2 aliphatic rings. The van der Waals surface area contributed by atoms with Gasteiger partial charge in [-0.3, -0.25) is 4.98 Å². The minimum absolute atomic E-state index is 0.00423. The number of halogens is 3. The van der Waals surface area contributed by atoms with Crippen molar-refractivity contribution in [3.05, 3.63) is 29.7 Å². The average Bonchev–Trinajstić information content (AvgIpc) is 3.29. The predicted molar refractivity (Wildman–Crippen MR) is 72.9 cm³/mol. The zero-order chi connectivity index (χ0) is 14.9. The van der Waals surface area contributed by atoms with Gasteiger partial charge in [0.1, 0.15) is 5.82 Å². The summed E-state index contributed by atoms with van der Waals surface area (Å²) in [6.45, 7) is 1.20. The first-order valence-electron chi connectivity index (χ1n) is 7.08. The summed E-state index contributed by atoms with van der Waals surface area (Å²) < 4.78 is 37.8. The molecule has 1 aliphatic heterocycles. The Balaban J connectivity index is 1.64. The largest absolute Gasteiger partial charge is 0.412 e. The molecule has 0 atom stereocenters. The Morgan fingerprint density at radius 3 is 2.71 bits per heavy atom. The first-order chi connectivity index (χ1) is 10.0. The number of alkyl halides is 3.